The number of ether oxygens (including phenoxy) is 2. The first-order chi connectivity index (χ1) is 21.8. The minimum absolute atomic E-state index is 0.0541. The molecule has 3 heterocycles. The molecule has 0 aliphatic carbocycles. The zero-order valence-corrected chi connectivity index (χ0v) is 28.4. The van der Waals surface area contributed by atoms with Crippen LogP contribution in [-0.2, 0) is 27.4 Å². The molecular weight excluding hydrogens is 634 g/mol. The van der Waals surface area contributed by atoms with Crippen LogP contribution in [0, 0.1) is 11.6 Å². The number of nitrogens with one attached hydrogen (secondary N) is 1. The number of unbranched alkanes of at least 4 members (excludes halogenated alkanes) is 1. The van der Waals surface area contributed by atoms with E-state index in [-0.39, 0.29) is 47.5 Å². The summed E-state index contributed by atoms with van der Waals surface area (Å²) >= 11 is 6.14. The van der Waals surface area contributed by atoms with Gasteiger partial charge >= 0.3 is 6.09 Å². The third-order valence-corrected chi connectivity index (χ3v) is 10.7. The molecular formula is C33H41ClF2N4O5Si. The van der Waals surface area contributed by atoms with Gasteiger partial charge in [0.1, 0.15) is 29.7 Å². The first-order valence-corrected chi connectivity index (χ1v) is 19.8. The quantitative estimate of drug-likeness (QED) is 0.164. The zero-order valence-electron chi connectivity index (χ0n) is 26.7. The Hall–Kier alpha value is -3.32. The van der Waals surface area contributed by atoms with Crippen LogP contribution in [0.3, 0.4) is 0 Å². The van der Waals surface area contributed by atoms with Crippen molar-refractivity contribution < 1.29 is 33.0 Å². The molecule has 1 unspecified atom stereocenters. The van der Waals surface area contributed by atoms with Crippen LogP contribution in [0.15, 0.2) is 42.6 Å². The van der Waals surface area contributed by atoms with Gasteiger partial charge in [0.05, 0.1) is 29.0 Å². The standard InChI is InChI=1S/C33H41ClF2N4O5Si/c1-5-6-15-33(43,22-8-10-23(35)11-9-22)30-37-19-26(40(30)21-44-17-18-46(2,3)4)29(41)39-16-7-14-32(20-39)27-25(38-31(42)45-32)13-12-24(34)28(27)36/h8-13,19,43H,5-7,14-18,20-21H2,1-4H3,(H,38,42)/t32-,33?/m0/s1. The number of nitrogens with zero attached hydrogens (tertiary/aromatic N) is 3. The summed E-state index contributed by atoms with van der Waals surface area (Å²) in [7, 11) is -1.43. The first kappa shape index (κ1) is 34.0. The van der Waals surface area contributed by atoms with E-state index in [9.17, 15) is 19.1 Å². The van der Waals surface area contributed by atoms with Gasteiger partial charge in [0.2, 0.25) is 0 Å². The molecule has 3 aromatic rings. The number of likely N-dealkylation sites (tertiary alicyclic amines) is 1. The van der Waals surface area contributed by atoms with Crippen molar-refractivity contribution in [2.75, 3.05) is 25.0 Å². The summed E-state index contributed by atoms with van der Waals surface area (Å²) < 4.78 is 42.8. The number of carbonyl (C=O) groups excluding carboxylic acids is 2. The lowest BCUT2D eigenvalue weighted by Gasteiger charge is -2.45. The molecule has 2 N–H and O–H groups in total. The Morgan fingerprint density at radius 1 is 1.22 bits per heavy atom. The van der Waals surface area contributed by atoms with Gasteiger partial charge < -0.3 is 19.5 Å². The first-order valence-electron chi connectivity index (χ1n) is 15.7. The molecule has 2 aromatic carbocycles. The molecule has 0 radical (unpaired) electrons. The molecule has 1 fully saturated rings. The number of benzene rings is 2. The predicted molar refractivity (Wildman–Crippen MR) is 174 cm³/mol. The number of hydrogen-bond donors (Lipinski definition) is 2. The van der Waals surface area contributed by atoms with E-state index in [1.54, 1.807) is 4.57 Å². The van der Waals surface area contributed by atoms with Crippen molar-refractivity contribution in [3.8, 4) is 0 Å². The highest BCUT2D eigenvalue weighted by atomic mass is 35.5. The summed E-state index contributed by atoms with van der Waals surface area (Å²) in [6.45, 7) is 9.31. The summed E-state index contributed by atoms with van der Waals surface area (Å²) in [6.07, 6.45) is 3.08. The smallest absolute Gasteiger partial charge is 0.412 e. The van der Waals surface area contributed by atoms with Gasteiger partial charge in [-0.15, -0.1) is 0 Å². The highest BCUT2D eigenvalue weighted by Gasteiger charge is 2.49. The summed E-state index contributed by atoms with van der Waals surface area (Å²) in [5.74, 6) is -1.39. The summed E-state index contributed by atoms with van der Waals surface area (Å²) in [5.41, 5.74) is -2.14. The van der Waals surface area contributed by atoms with Crippen molar-refractivity contribution in [1.82, 2.24) is 14.5 Å². The van der Waals surface area contributed by atoms with Gasteiger partial charge in [0.15, 0.2) is 11.4 Å². The van der Waals surface area contributed by atoms with Crippen LogP contribution in [0.2, 0.25) is 30.7 Å². The largest absolute Gasteiger partial charge is 0.436 e. The Morgan fingerprint density at radius 2 is 1.96 bits per heavy atom. The lowest BCUT2D eigenvalue weighted by molar-refractivity contribution is -0.0423. The molecule has 9 nitrogen and oxygen atoms in total. The van der Waals surface area contributed by atoms with Crippen molar-refractivity contribution in [2.45, 2.75) is 82.6 Å². The molecule has 0 saturated carbocycles. The maximum atomic E-state index is 15.5. The fourth-order valence-electron chi connectivity index (χ4n) is 6.19. The van der Waals surface area contributed by atoms with E-state index in [1.807, 2.05) is 6.92 Å². The van der Waals surface area contributed by atoms with Crippen LogP contribution in [0.5, 0.6) is 0 Å². The van der Waals surface area contributed by atoms with E-state index < -0.39 is 42.9 Å². The molecule has 2 amide bonds. The number of fused-ring (bicyclic) bond motifs is 2. The Kier molecular flexibility index (Phi) is 9.93. The van der Waals surface area contributed by atoms with Crippen LogP contribution in [-0.4, -0.2) is 59.3 Å². The van der Waals surface area contributed by atoms with Crippen LogP contribution in [0.1, 0.15) is 66.5 Å². The zero-order chi connectivity index (χ0) is 33.3. The molecule has 2 aliphatic heterocycles. The number of anilines is 1. The summed E-state index contributed by atoms with van der Waals surface area (Å²) in [5, 5.41) is 14.7. The molecule has 0 bridgehead atoms. The maximum Gasteiger partial charge on any atom is 0.412 e. The second-order valence-corrected chi connectivity index (χ2v) is 19.4. The van der Waals surface area contributed by atoms with Crippen molar-refractivity contribution in [2.24, 2.45) is 0 Å². The van der Waals surface area contributed by atoms with E-state index in [4.69, 9.17) is 21.1 Å². The fourth-order valence-corrected chi connectivity index (χ4v) is 7.11. The average Bonchev–Trinajstić information content (AvgIpc) is 3.43. The highest BCUT2D eigenvalue weighted by Crippen LogP contribution is 2.45. The summed E-state index contributed by atoms with van der Waals surface area (Å²) in [6, 6.07) is 9.39. The average molecular weight is 675 g/mol. The number of halogens is 3. The molecule has 1 spiro atoms. The Labute approximate surface area is 273 Å². The van der Waals surface area contributed by atoms with Crippen LogP contribution in [0.25, 0.3) is 0 Å². The highest BCUT2D eigenvalue weighted by molar-refractivity contribution is 6.76. The van der Waals surface area contributed by atoms with Gasteiger partial charge in [-0.05, 0) is 55.1 Å². The molecule has 13 heteroatoms. The Balaban J connectivity index is 1.54. The lowest BCUT2D eigenvalue weighted by atomic mass is 9.83. The van der Waals surface area contributed by atoms with Crippen molar-refractivity contribution in [3.63, 3.8) is 0 Å². The predicted octanol–water partition coefficient (Wildman–Crippen LogP) is 7.25. The fraction of sp³-hybridized carbons (Fsp3) is 0.485. The topological polar surface area (TPSA) is 106 Å². The number of hydrogen-bond acceptors (Lipinski definition) is 6. The Bertz CT molecular complexity index is 1600. The van der Waals surface area contributed by atoms with Gasteiger partial charge in [-0.25, -0.2) is 18.6 Å². The minimum atomic E-state index is -1.64. The number of aromatic nitrogens is 2. The second-order valence-electron chi connectivity index (χ2n) is 13.3. The number of amides is 2. The van der Waals surface area contributed by atoms with Gasteiger partial charge in [0.25, 0.3) is 5.91 Å². The Morgan fingerprint density at radius 3 is 2.65 bits per heavy atom. The normalized spacial score (nSPS) is 19.4. The molecule has 2 aliphatic rings. The van der Waals surface area contributed by atoms with Gasteiger partial charge in [0, 0.05) is 21.2 Å². The second kappa shape index (κ2) is 13.4. The van der Waals surface area contributed by atoms with Crippen molar-refractivity contribution in [3.05, 3.63) is 81.9 Å². The van der Waals surface area contributed by atoms with Gasteiger partial charge in [-0.1, -0.05) is 63.1 Å². The third-order valence-electron chi connectivity index (χ3n) is 8.69. The van der Waals surface area contributed by atoms with Crippen molar-refractivity contribution >= 4 is 37.4 Å². The number of rotatable bonds is 11. The van der Waals surface area contributed by atoms with Crippen LogP contribution < -0.4 is 5.32 Å². The molecule has 248 valence electrons. The number of imidazole rings is 1. The minimum Gasteiger partial charge on any atom is -0.436 e. The third kappa shape index (κ3) is 6.85. The van der Waals surface area contributed by atoms with Crippen LogP contribution in [0.4, 0.5) is 19.3 Å². The van der Waals surface area contributed by atoms with E-state index in [0.29, 0.717) is 38.0 Å². The number of carbonyl (C=O) groups is 2. The SMILES string of the molecule is CCCCC(O)(c1ccc(F)cc1)c1ncc(C(=O)N2CCC[C@@]3(C2)OC(=O)Nc2ccc(Cl)c(F)c23)n1COCC[Si](C)(C)C. The number of aliphatic hydroxyl groups is 1. The molecule has 5 rings (SSSR count). The van der Waals surface area contributed by atoms with E-state index in [2.05, 4.69) is 29.9 Å². The molecule has 1 aromatic heterocycles. The van der Waals surface area contributed by atoms with Gasteiger partial charge in [-0.2, -0.15) is 0 Å². The van der Waals surface area contributed by atoms with E-state index in [1.165, 1.54) is 47.5 Å². The number of piperidine rings is 1. The van der Waals surface area contributed by atoms with Crippen LogP contribution >= 0.6 is 11.6 Å². The molecule has 2 atom stereocenters. The summed E-state index contributed by atoms with van der Waals surface area (Å²) in [4.78, 5) is 33.0. The van der Waals surface area contributed by atoms with E-state index in [0.717, 1.165) is 12.5 Å². The van der Waals surface area contributed by atoms with E-state index >= 15 is 4.39 Å². The van der Waals surface area contributed by atoms with Gasteiger partial charge in [-0.3, -0.25) is 14.7 Å². The lowest BCUT2D eigenvalue weighted by Crippen LogP contribution is -2.53. The molecule has 46 heavy (non-hydrogen) atoms. The molecule has 1 saturated heterocycles. The maximum absolute atomic E-state index is 15.5. The monoisotopic (exact) mass is 674 g/mol. The van der Waals surface area contributed by atoms with Crippen molar-refractivity contribution in [1.29, 1.82) is 0 Å².